The second-order valence-corrected chi connectivity index (χ2v) is 8.27. The molecule has 4 nitrogen and oxygen atoms in total. The Morgan fingerprint density at radius 1 is 1.11 bits per heavy atom. The highest BCUT2D eigenvalue weighted by Crippen LogP contribution is 2.29. The average Bonchev–Trinajstić information content (AvgIpc) is 3.06. The number of benzene rings is 2. The molecule has 0 bridgehead atoms. The zero-order valence-corrected chi connectivity index (χ0v) is 18.0. The SMILES string of the molecule is CC(=O)N(c1ccc(C)cc1)c1nc(CN(C)Cc2ccccc2Br)cs1. The van der Waals surface area contributed by atoms with E-state index in [-0.39, 0.29) is 5.91 Å². The number of carbonyl (C=O) groups excluding carboxylic acids is 1. The third kappa shape index (κ3) is 5.03. The zero-order chi connectivity index (χ0) is 19.4. The molecule has 0 spiro atoms. The maximum Gasteiger partial charge on any atom is 0.230 e. The molecule has 0 atom stereocenters. The van der Waals surface area contributed by atoms with E-state index in [9.17, 15) is 4.79 Å². The van der Waals surface area contributed by atoms with E-state index in [2.05, 4.69) is 40.0 Å². The van der Waals surface area contributed by atoms with Gasteiger partial charge in [-0.3, -0.25) is 14.6 Å². The lowest BCUT2D eigenvalue weighted by Crippen LogP contribution is -2.23. The minimum atomic E-state index is -0.0404. The molecular weight excluding hydrogens is 422 g/mol. The third-order valence-electron chi connectivity index (χ3n) is 4.17. The number of aryl methyl sites for hydroxylation is 1. The fraction of sp³-hybridized carbons (Fsp3) is 0.238. The first-order valence-electron chi connectivity index (χ1n) is 8.68. The Labute approximate surface area is 172 Å². The number of hydrogen-bond donors (Lipinski definition) is 0. The molecule has 0 aliphatic rings. The van der Waals surface area contributed by atoms with Gasteiger partial charge in [-0.15, -0.1) is 11.3 Å². The highest BCUT2D eigenvalue weighted by Gasteiger charge is 2.18. The van der Waals surface area contributed by atoms with Gasteiger partial charge in [-0.2, -0.15) is 0 Å². The predicted molar refractivity (Wildman–Crippen MR) is 115 cm³/mol. The summed E-state index contributed by atoms with van der Waals surface area (Å²) in [6.45, 7) is 5.14. The highest BCUT2D eigenvalue weighted by atomic mass is 79.9. The largest absolute Gasteiger partial charge is 0.296 e. The van der Waals surface area contributed by atoms with E-state index in [1.54, 1.807) is 11.8 Å². The van der Waals surface area contributed by atoms with Crippen LogP contribution in [0.1, 0.15) is 23.7 Å². The van der Waals surface area contributed by atoms with E-state index in [1.165, 1.54) is 16.9 Å². The second kappa shape index (κ2) is 8.78. The summed E-state index contributed by atoms with van der Waals surface area (Å²) in [6.07, 6.45) is 0. The van der Waals surface area contributed by atoms with E-state index in [4.69, 9.17) is 4.98 Å². The Balaban J connectivity index is 1.73. The molecule has 0 N–H and O–H groups in total. The van der Waals surface area contributed by atoms with Crippen molar-refractivity contribution in [3.8, 4) is 0 Å². The maximum atomic E-state index is 12.2. The first kappa shape index (κ1) is 19.7. The number of halogens is 1. The normalized spacial score (nSPS) is 11.0. The molecule has 1 heterocycles. The maximum absolute atomic E-state index is 12.2. The van der Waals surface area contributed by atoms with Crippen LogP contribution in [0.2, 0.25) is 0 Å². The first-order valence-corrected chi connectivity index (χ1v) is 10.3. The Kier molecular flexibility index (Phi) is 6.42. The lowest BCUT2D eigenvalue weighted by Gasteiger charge is -2.18. The van der Waals surface area contributed by atoms with Gasteiger partial charge in [0.25, 0.3) is 0 Å². The van der Waals surface area contributed by atoms with Gasteiger partial charge in [0.05, 0.1) is 11.4 Å². The monoisotopic (exact) mass is 443 g/mol. The van der Waals surface area contributed by atoms with Gasteiger partial charge in [0.1, 0.15) is 0 Å². The van der Waals surface area contributed by atoms with Crippen molar-refractivity contribution in [2.75, 3.05) is 11.9 Å². The van der Waals surface area contributed by atoms with Crippen LogP contribution in [0, 0.1) is 6.92 Å². The summed E-state index contributed by atoms with van der Waals surface area (Å²) in [6, 6.07) is 16.1. The van der Waals surface area contributed by atoms with Gasteiger partial charge < -0.3 is 0 Å². The molecule has 140 valence electrons. The molecule has 1 aromatic heterocycles. The molecule has 3 aromatic rings. The molecular formula is C21H22BrN3OS. The third-order valence-corrected chi connectivity index (χ3v) is 5.82. The van der Waals surface area contributed by atoms with Gasteiger partial charge in [-0.05, 0) is 37.7 Å². The molecule has 27 heavy (non-hydrogen) atoms. The van der Waals surface area contributed by atoms with Crippen molar-refractivity contribution in [3.05, 3.63) is 75.2 Å². The van der Waals surface area contributed by atoms with Crippen molar-refractivity contribution < 1.29 is 4.79 Å². The molecule has 0 aliphatic heterocycles. The minimum absolute atomic E-state index is 0.0404. The summed E-state index contributed by atoms with van der Waals surface area (Å²) in [5.74, 6) is -0.0404. The molecule has 2 aromatic carbocycles. The van der Waals surface area contributed by atoms with Crippen molar-refractivity contribution >= 4 is 44.0 Å². The van der Waals surface area contributed by atoms with Gasteiger partial charge in [0.2, 0.25) is 5.91 Å². The van der Waals surface area contributed by atoms with Crippen molar-refractivity contribution in [3.63, 3.8) is 0 Å². The zero-order valence-electron chi connectivity index (χ0n) is 15.6. The Hall–Kier alpha value is -2.02. The molecule has 0 fully saturated rings. The number of rotatable bonds is 6. The second-order valence-electron chi connectivity index (χ2n) is 6.58. The smallest absolute Gasteiger partial charge is 0.230 e. The first-order chi connectivity index (χ1) is 12.9. The van der Waals surface area contributed by atoms with Crippen LogP contribution in [0.5, 0.6) is 0 Å². The summed E-state index contributed by atoms with van der Waals surface area (Å²) in [5, 5.41) is 2.73. The molecule has 3 rings (SSSR count). The Morgan fingerprint density at radius 2 is 1.81 bits per heavy atom. The average molecular weight is 444 g/mol. The van der Waals surface area contributed by atoms with Crippen molar-refractivity contribution in [2.24, 2.45) is 0 Å². The van der Waals surface area contributed by atoms with Crippen molar-refractivity contribution in [2.45, 2.75) is 26.9 Å². The summed E-state index contributed by atoms with van der Waals surface area (Å²) in [7, 11) is 2.07. The van der Waals surface area contributed by atoms with Crippen LogP contribution < -0.4 is 4.90 Å². The number of amides is 1. The fourth-order valence-electron chi connectivity index (χ4n) is 2.84. The van der Waals surface area contributed by atoms with Gasteiger partial charge in [0.15, 0.2) is 5.13 Å². The summed E-state index contributed by atoms with van der Waals surface area (Å²) < 4.78 is 1.11. The van der Waals surface area contributed by atoms with Crippen LogP contribution >= 0.6 is 27.3 Å². The van der Waals surface area contributed by atoms with E-state index in [0.717, 1.165) is 34.5 Å². The molecule has 6 heteroatoms. The molecule has 0 saturated carbocycles. The summed E-state index contributed by atoms with van der Waals surface area (Å²) in [5.41, 5.74) is 4.20. The number of nitrogens with zero attached hydrogens (tertiary/aromatic N) is 3. The highest BCUT2D eigenvalue weighted by molar-refractivity contribution is 9.10. The number of hydrogen-bond acceptors (Lipinski definition) is 4. The van der Waals surface area contributed by atoms with E-state index < -0.39 is 0 Å². The lowest BCUT2D eigenvalue weighted by molar-refractivity contribution is -0.115. The van der Waals surface area contributed by atoms with Crippen LogP contribution in [-0.2, 0) is 17.9 Å². The molecule has 0 aliphatic carbocycles. The number of anilines is 2. The van der Waals surface area contributed by atoms with Crippen LogP contribution in [0.3, 0.4) is 0 Å². The fourth-order valence-corrected chi connectivity index (χ4v) is 4.13. The Bertz CT molecular complexity index is 923. The topological polar surface area (TPSA) is 36.4 Å². The quantitative estimate of drug-likeness (QED) is 0.502. The number of thiazole rings is 1. The van der Waals surface area contributed by atoms with Crippen molar-refractivity contribution in [1.29, 1.82) is 0 Å². The van der Waals surface area contributed by atoms with E-state index in [0.29, 0.717) is 5.13 Å². The van der Waals surface area contributed by atoms with Crippen LogP contribution in [-0.4, -0.2) is 22.8 Å². The standard InChI is InChI=1S/C21H22BrN3OS/c1-15-8-10-19(11-9-15)25(16(2)26)21-23-18(14-27-21)13-24(3)12-17-6-4-5-7-20(17)22/h4-11,14H,12-13H2,1-3H3. The van der Waals surface area contributed by atoms with E-state index in [1.807, 2.05) is 48.7 Å². The van der Waals surface area contributed by atoms with Crippen LogP contribution in [0.4, 0.5) is 10.8 Å². The number of carbonyl (C=O) groups is 1. The predicted octanol–water partition coefficient (Wildman–Crippen LogP) is 5.53. The lowest BCUT2D eigenvalue weighted by atomic mass is 10.2. The van der Waals surface area contributed by atoms with Crippen LogP contribution in [0.25, 0.3) is 0 Å². The molecule has 0 radical (unpaired) electrons. The Morgan fingerprint density at radius 3 is 2.48 bits per heavy atom. The molecule has 0 saturated heterocycles. The minimum Gasteiger partial charge on any atom is -0.296 e. The van der Waals surface area contributed by atoms with Crippen LogP contribution in [0.15, 0.2) is 58.4 Å². The van der Waals surface area contributed by atoms with E-state index >= 15 is 0 Å². The molecule has 1 amide bonds. The summed E-state index contributed by atoms with van der Waals surface area (Å²) in [4.78, 5) is 20.8. The van der Waals surface area contributed by atoms with Gasteiger partial charge in [0, 0.05) is 29.9 Å². The van der Waals surface area contributed by atoms with Crippen molar-refractivity contribution in [1.82, 2.24) is 9.88 Å². The molecule has 0 unspecified atom stereocenters. The number of aromatic nitrogens is 1. The summed E-state index contributed by atoms with van der Waals surface area (Å²) >= 11 is 5.09. The van der Waals surface area contributed by atoms with Gasteiger partial charge in [-0.1, -0.05) is 51.8 Å². The van der Waals surface area contributed by atoms with Gasteiger partial charge >= 0.3 is 0 Å². The van der Waals surface area contributed by atoms with Gasteiger partial charge in [-0.25, -0.2) is 4.98 Å².